The monoisotopic (exact) mass is 430 g/mol. The highest BCUT2D eigenvalue weighted by atomic mass is 79.9. The minimum absolute atomic E-state index is 0.115. The van der Waals surface area contributed by atoms with Crippen molar-refractivity contribution in [3.05, 3.63) is 39.9 Å². The number of halogens is 1. The highest BCUT2D eigenvalue weighted by Gasteiger charge is 2.39. The summed E-state index contributed by atoms with van der Waals surface area (Å²) >= 11 is 3.57. The molecule has 0 aromatic heterocycles. The molecule has 4 rings (SSSR count). The Hall–Kier alpha value is -2.92. The first-order valence-corrected chi connectivity index (χ1v) is 8.87. The predicted molar refractivity (Wildman–Crippen MR) is 99.1 cm³/mol. The molecule has 8 heteroatoms. The van der Waals surface area contributed by atoms with Gasteiger partial charge < -0.3 is 23.7 Å². The van der Waals surface area contributed by atoms with Gasteiger partial charge in [-0.2, -0.15) is 5.26 Å². The van der Waals surface area contributed by atoms with E-state index in [0.29, 0.717) is 28.7 Å². The summed E-state index contributed by atoms with van der Waals surface area (Å²) in [5.74, 6) is 1.36. The van der Waals surface area contributed by atoms with Gasteiger partial charge >= 0.3 is 0 Å². The molecule has 138 valence electrons. The topological polar surface area (TPSA) is 93.8 Å². The fraction of sp³-hybridized carbons (Fsp3) is 0.263. The Bertz CT molecular complexity index is 985. The smallest absolute Gasteiger partial charge is 0.231 e. The maximum Gasteiger partial charge on any atom is 0.231 e. The number of methoxy groups -OCH3 is 2. The maximum absolute atomic E-state index is 9.73. The molecule has 0 amide bonds. The molecular weight excluding hydrogens is 416 g/mol. The van der Waals surface area contributed by atoms with Crippen molar-refractivity contribution in [1.29, 1.82) is 10.7 Å². The van der Waals surface area contributed by atoms with Crippen molar-refractivity contribution in [1.82, 2.24) is 0 Å². The summed E-state index contributed by atoms with van der Waals surface area (Å²) in [6.45, 7) is 0.127. The van der Waals surface area contributed by atoms with Crippen molar-refractivity contribution in [3.63, 3.8) is 0 Å². The van der Waals surface area contributed by atoms with Crippen LogP contribution in [0.4, 0.5) is 0 Å². The summed E-state index contributed by atoms with van der Waals surface area (Å²) in [6.07, 6.45) is 0. The van der Waals surface area contributed by atoms with Crippen LogP contribution in [-0.4, -0.2) is 26.9 Å². The number of nitriles is 1. The Kier molecular flexibility index (Phi) is 4.32. The second-order valence-corrected chi connectivity index (χ2v) is 6.88. The second-order valence-electron chi connectivity index (χ2n) is 6.02. The molecule has 0 radical (unpaired) electrons. The van der Waals surface area contributed by atoms with Crippen molar-refractivity contribution in [2.45, 2.75) is 5.92 Å². The Balaban J connectivity index is 1.94. The zero-order valence-corrected chi connectivity index (χ0v) is 16.1. The molecule has 2 aromatic carbocycles. The van der Waals surface area contributed by atoms with Crippen LogP contribution in [0.5, 0.6) is 28.7 Å². The van der Waals surface area contributed by atoms with Crippen LogP contribution in [-0.2, 0) is 0 Å². The molecule has 2 unspecified atom stereocenters. The first-order chi connectivity index (χ1) is 13.1. The van der Waals surface area contributed by atoms with Gasteiger partial charge in [-0.25, -0.2) is 0 Å². The second kappa shape index (κ2) is 6.67. The maximum atomic E-state index is 9.73. The van der Waals surface area contributed by atoms with Crippen LogP contribution in [0.25, 0.3) is 0 Å². The van der Waals surface area contributed by atoms with Gasteiger partial charge in [-0.15, -0.1) is 0 Å². The number of ether oxygens (including phenoxy) is 5. The summed E-state index contributed by atoms with van der Waals surface area (Å²) in [6, 6.07) is 9.29. The zero-order valence-electron chi connectivity index (χ0n) is 14.5. The minimum atomic E-state index is -0.799. The number of nitrogens with one attached hydrogen (secondary N) is 1. The molecule has 27 heavy (non-hydrogen) atoms. The van der Waals surface area contributed by atoms with E-state index < -0.39 is 11.8 Å². The molecule has 1 N–H and O–H groups in total. The lowest BCUT2D eigenvalue weighted by molar-refractivity contribution is 0.174. The van der Waals surface area contributed by atoms with Gasteiger partial charge in [0.1, 0.15) is 11.7 Å². The third kappa shape index (κ3) is 2.75. The van der Waals surface area contributed by atoms with E-state index in [4.69, 9.17) is 29.1 Å². The number of nitrogens with zero attached hydrogens (tertiary/aromatic N) is 1. The standard InChI is InChI=1S/C19H15BrN2O5/c1-23-14-3-9(12(20)5-15(14)24-2)18-10-4-16-17(26-8-25-16)6-13(10)27-19(22)11(18)7-21/h3-6,11,18,22H,8H2,1-2H3. The Morgan fingerprint density at radius 2 is 1.70 bits per heavy atom. The fourth-order valence-electron chi connectivity index (χ4n) is 3.37. The van der Waals surface area contributed by atoms with Gasteiger partial charge in [0, 0.05) is 22.0 Å². The molecule has 2 heterocycles. The van der Waals surface area contributed by atoms with Crippen molar-refractivity contribution in [3.8, 4) is 34.8 Å². The fourth-order valence-corrected chi connectivity index (χ4v) is 3.94. The number of hydrogen-bond donors (Lipinski definition) is 1. The third-order valence-electron chi connectivity index (χ3n) is 4.65. The first-order valence-electron chi connectivity index (χ1n) is 8.08. The molecule has 7 nitrogen and oxygen atoms in total. The molecular formula is C19H15BrN2O5. The highest BCUT2D eigenvalue weighted by molar-refractivity contribution is 9.10. The summed E-state index contributed by atoms with van der Waals surface area (Å²) in [7, 11) is 3.11. The van der Waals surface area contributed by atoms with Crippen LogP contribution >= 0.6 is 15.9 Å². The molecule has 0 saturated carbocycles. The van der Waals surface area contributed by atoms with E-state index >= 15 is 0 Å². The summed E-state index contributed by atoms with van der Waals surface area (Å²) < 4.78 is 28.0. The Morgan fingerprint density at radius 3 is 2.37 bits per heavy atom. The number of hydrogen-bond acceptors (Lipinski definition) is 7. The van der Waals surface area contributed by atoms with E-state index in [1.807, 2.05) is 12.1 Å². The van der Waals surface area contributed by atoms with E-state index in [-0.39, 0.29) is 12.7 Å². The molecule has 2 atom stereocenters. The van der Waals surface area contributed by atoms with Gasteiger partial charge in [0.2, 0.25) is 12.7 Å². The van der Waals surface area contributed by atoms with Gasteiger partial charge in [0.15, 0.2) is 23.0 Å². The normalized spacial score (nSPS) is 19.7. The van der Waals surface area contributed by atoms with Crippen molar-refractivity contribution in [2.24, 2.45) is 5.92 Å². The largest absolute Gasteiger partial charge is 0.493 e. The average Bonchev–Trinajstić information content (AvgIpc) is 3.12. The van der Waals surface area contributed by atoms with Gasteiger partial charge in [0.25, 0.3) is 0 Å². The number of fused-ring (bicyclic) bond motifs is 2. The van der Waals surface area contributed by atoms with Crippen molar-refractivity contribution < 1.29 is 23.7 Å². The molecule has 2 aliphatic rings. The van der Waals surface area contributed by atoms with Crippen molar-refractivity contribution in [2.75, 3.05) is 21.0 Å². The zero-order chi connectivity index (χ0) is 19.1. The van der Waals surface area contributed by atoms with E-state index in [1.54, 1.807) is 26.4 Å². The molecule has 2 aromatic rings. The Morgan fingerprint density at radius 1 is 1.04 bits per heavy atom. The van der Waals surface area contributed by atoms with Gasteiger partial charge in [-0.3, -0.25) is 5.41 Å². The summed E-state index contributed by atoms with van der Waals surface area (Å²) in [5.41, 5.74) is 1.53. The molecule has 2 aliphatic heterocycles. The quantitative estimate of drug-likeness (QED) is 0.794. The van der Waals surface area contributed by atoms with Gasteiger partial charge in [-0.1, -0.05) is 15.9 Å². The molecule has 0 aliphatic carbocycles. The lowest BCUT2D eigenvalue weighted by Gasteiger charge is -2.31. The van der Waals surface area contributed by atoms with Crippen LogP contribution in [0.1, 0.15) is 17.0 Å². The predicted octanol–water partition coefficient (Wildman–Crippen LogP) is 3.84. The molecule has 0 fully saturated rings. The first kappa shape index (κ1) is 17.5. The lowest BCUT2D eigenvalue weighted by atomic mass is 9.79. The third-order valence-corrected chi connectivity index (χ3v) is 5.34. The Labute approximate surface area is 164 Å². The summed E-state index contributed by atoms with van der Waals surface area (Å²) in [5, 5.41) is 17.9. The van der Waals surface area contributed by atoms with E-state index in [2.05, 4.69) is 22.0 Å². The van der Waals surface area contributed by atoms with Crippen LogP contribution in [0, 0.1) is 22.7 Å². The molecule has 0 saturated heterocycles. The highest BCUT2D eigenvalue weighted by Crippen LogP contribution is 2.50. The van der Waals surface area contributed by atoms with Crippen LogP contribution in [0.2, 0.25) is 0 Å². The van der Waals surface area contributed by atoms with Gasteiger partial charge in [0.05, 0.1) is 20.3 Å². The SMILES string of the molecule is COc1cc(Br)c(C2c3cc4c(cc3OC(=N)C2C#N)OCO4)cc1OC. The average molecular weight is 431 g/mol. The molecule has 0 spiro atoms. The lowest BCUT2D eigenvalue weighted by Crippen LogP contribution is -2.31. The van der Waals surface area contributed by atoms with E-state index in [1.165, 1.54) is 0 Å². The van der Waals surface area contributed by atoms with E-state index in [0.717, 1.165) is 15.6 Å². The minimum Gasteiger partial charge on any atom is -0.493 e. The number of benzene rings is 2. The van der Waals surface area contributed by atoms with Crippen LogP contribution in [0.3, 0.4) is 0 Å². The summed E-state index contributed by atoms with van der Waals surface area (Å²) in [4.78, 5) is 0. The molecule has 0 bridgehead atoms. The van der Waals surface area contributed by atoms with Crippen LogP contribution in [0.15, 0.2) is 28.7 Å². The van der Waals surface area contributed by atoms with E-state index in [9.17, 15) is 5.26 Å². The van der Waals surface area contributed by atoms with Gasteiger partial charge in [-0.05, 0) is 23.8 Å². The van der Waals surface area contributed by atoms with Crippen molar-refractivity contribution >= 4 is 21.8 Å². The number of rotatable bonds is 3. The van der Waals surface area contributed by atoms with Crippen LogP contribution < -0.4 is 23.7 Å².